The monoisotopic (exact) mass is 284 g/mol. The van der Waals surface area contributed by atoms with Gasteiger partial charge in [0.25, 0.3) is 10.1 Å². The van der Waals surface area contributed by atoms with Gasteiger partial charge in [-0.2, -0.15) is 8.42 Å². The van der Waals surface area contributed by atoms with Crippen LogP contribution in [0.25, 0.3) is 0 Å². The van der Waals surface area contributed by atoms with E-state index in [-0.39, 0.29) is 11.7 Å². The maximum atomic E-state index is 12.2. The van der Waals surface area contributed by atoms with Gasteiger partial charge in [-0.25, -0.2) is 0 Å². The molecule has 1 aliphatic heterocycles. The molecule has 6 heteroatoms. The van der Waals surface area contributed by atoms with E-state index in [4.69, 9.17) is 13.7 Å². The van der Waals surface area contributed by atoms with Crippen LogP contribution in [0.5, 0.6) is 0 Å². The standard InChI is InChI=1S/C13H16O5S/c1-10-4-6-11(7-5-10)19(14,15)18-13(2,3)12-8-16-9-17-12/h4-8H,9H2,1-3H3. The summed E-state index contributed by atoms with van der Waals surface area (Å²) in [6.45, 7) is 5.18. The van der Waals surface area contributed by atoms with Crippen LogP contribution in [0.2, 0.25) is 0 Å². The lowest BCUT2D eigenvalue weighted by atomic mass is 10.1. The van der Waals surface area contributed by atoms with E-state index in [0.29, 0.717) is 5.76 Å². The maximum Gasteiger partial charge on any atom is 0.297 e. The van der Waals surface area contributed by atoms with E-state index in [1.807, 2.05) is 6.92 Å². The van der Waals surface area contributed by atoms with Crippen molar-refractivity contribution in [2.45, 2.75) is 31.3 Å². The second-order valence-electron chi connectivity index (χ2n) is 4.77. The summed E-state index contributed by atoms with van der Waals surface area (Å²) in [5.41, 5.74) is -0.131. The highest BCUT2D eigenvalue weighted by Crippen LogP contribution is 2.29. The number of benzene rings is 1. The van der Waals surface area contributed by atoms with Crippen molar-refractivity contribution in [3.8, 4) is 0 Å². The molecule has 2 rings (SSSR count). The Morgan fingerprint density at radius 3 is 2.37 bits per heavy atom. The van der Waals surface area contributed by atoms with Gasteiger partial charge in [0, 0.05) is 0 Å². The first-order valence-corrected chi connectivity index (χ1v) is 7.19. The van der Waals surface area contributed by atoms with Crippen molar-refractivity contribution in [2.24, 2.45) is 0 Å². The van der Waals surface area contributed by atoms with Gasteiger partial charge in [-0.05, 0) is 32.9 Å². The molecule has 0 bridgehead atoms. The Hall–Kier alpha value is -1.53. The Morgan fingerprint density at radius 2 is 1.84 bits per heavy atom. The van der Waals surface area contributed by atoms with Crippen LogP contribution < -0.4 is 0 Å². The molecular formula is C13H16O5S. The van der Waals surface area contributed by atoms with Crippen LogP contribution in [-0.2, 0) is 23.8 Å². The molecule has 0 aromatic heterocycles. The lowest BCUT2D eigenvalue weighted by Gasteiger charge is -2.23. The van der Waals surface area contributed by atoms with E-state index >= 15 is 0 Å². The molecule has 0 unspecified atom stereocenters. The third-order valence-corrected chi connectivity index (χ3v) is 4.18. The maximum absolute atomic E-state index is 12.2. The summed E-state index contributed by atoms with van der Waals surface area (Å²) >= 11 is 0. The van der Waals surface area contributed by atoms with E-state index < -0.39 is 15.7 Å². The van der Waals surface area contributed by atoms with Crippen molar-refractivity contribution >= 4 is 10.1 Å². The fourth-order valence-corrected chi connectivity index (χ4v) is 2.82. The van der Waals surface area contributed by atoms with E-state index in [9.17, 15) is 8.42 Å². The first kappa shape index (κ1) is 13.9. The SMILES string of the molecule is Cc1ccc(S(=O)(=O)OC(C)(C)C2=COCO2)cc1. The Kier molecular flexibility index (Phi) is 3.56. The molecule has 0 N–H and O–H groups in total. The lowest BCUT2D eigenvalue weighted by Crippen LogP contribution is -2.30. The fourth-order valence-electron chi connectivity index (χ4n) is 1.63. The molecule has 0 fully saturated rings. The third-order valence-electron chi connectivity index (χ3n) is 2.69. The zero-order valence-electron chi connectivity index (χ0n) is 11.0. The first-order chi connectivity index (χ1) is 8.81. The predicted octanol–water partition coefficient (Wildman–Crippen LogP) is 2.32. The van der Waals surface area contributed by atoms with Gasteiger partial charge in [-0.15, -0.1) is 0 Å². The van der Waals surface area contributed by atoms with Gasteiger partial charge < -0.3 is 9.47 Å². The fraction of sp³-hybridized carbons (Fsp3) is 0.385. The largest absolute Gasteiger partial charge is 0.461 e. The van der Waals surface area contributed by atoms with Gasteiger partial charge in [-0.3, -0.25) is 4.18 Å². The van der Waals surface area contributed by atoms with Crippen LogP contribution in [0, 0.1) is 6.92 Å². The second kappa shape index (κ2) is 4.86. The van der Waals surface area contributed by atoms with Crippen LogP contribution in [0.1, 0.15) is 19.4 Å². The predicted molar refractivity (Wildman–Crippen MR) is 68.6 cm³/mol. The Morgan fingerprint density at radius 1 is 1.21 bits per heavy atom. The lowest BCUT2D eigenvalue weighted by molar-refractivity contribution is 0.0316. The summed E-state index contributed by atoms with van der Waals surface area (Å²) in [7, 11) is -3.85. The van der Waals surface area contributed by atoms with Gasteiger partial charge in [-0.1, -0.05) is 17.7 Å². The smallest absolute Gasteiger partial charge is 0.297 e. The summed E-state index contributed by atoms with van der Waals surface area (Å²) in [5, 5.41) is 0. The zero-order valence-corrected chi connectivity index (χ0v) is 11.9. The molecule has 0 atom stereocenters. The van der Waals surface area contributed by atoms with Crippen molar-refractivity contribution in [3.63, 3.8) is 0 Å². The molecule has 0 saturated heterocycles. The number of hydrogen-bond donors (Lipinski definition) is 0. The Labute approximate surface area is 112 Å². The van der Waals surface area contributed by atoms with Crippen LogP contribution >= 0.6 is 0 Å². The molecule has 1 aromatic rings. The van der Waals surface area contributed by atoms with Crippen molar-refractivity contribution in [1.82, 2.24) is 0 Å². The van der Waals surface area contributed by atoms with Gasteiger partial charge >= 0.3 is 0 Å². The first-order valence-electron chi connectivity index (χ1n) is 5.79. The summed E-state index contributed by atoms with van der Waals surface area (Å²) in [6, 6.07) is 6.47. The van der Waals surface area contributed by atoms with E-state index in [2.05, 4.69) is 0 Å². The summed E-state index contributed by atoms with van der Waals surface area (Å²) in [5.74, 6) is 0.350. The van der Waals surface area contributed by atoms with Crippen molar-refractivity contribution in [3.05, 3.63) is 41.9 Å². The molecule has 19 heavy (non-hydrogen) atoms. The Bertz CT molecular complexity index is 584. The molecule has 1 aliphatic rings. The minimum atomic E-state index is -3.85. The van der Waals surface area contributed by atoms with Crippen LogP contribution in [0.3, 0.4) is 0 Å². The molecule has 1 aromatic carbocycles. The quantitative estimate of drug-likeness (QED) is 0.794. The van der Waals surface area contributed by atoms with Crippen molar-refractivity contribution in [2.75, 3.05) is 6.79 Å². The average Bonchev–Trinajstić information content (AvgIpc) is 2.82. The van der Waals surface area contributed by atoms with Gasteiger partial charge in [0.1, 0.15) is 11.9 Å². The number of rotatable bonds is 4. The normalized spacial score (nSPS) is 15.6. The topological polar surface area (TPSA) is 61.8 Å². The van der Waals surface area contributed by atoms with E-state index in [0.717, 1.165) is 5.56 Å². The summed E-state index contributed by atoms with van der Waals surface area (Å²) < 4.78 is 39.7. The van der Waals surface area contributed by atoms with Gasteiger partial charge in [0.2, 0.25) is 6.79 Å². The van der Waals surface area contributed by atoms with E-state index in [1.54, 1.807) is 26.0 Å². The summed E-state index contributed by atoms with van der Waals surface area (Å²) in [4.78, 5) is 0.116. The van der Waals surface area contributed by atoms with E-state index in [1.165, 1.54) is 18.4 Å². The molecule has 0 amide bonds. The number of hydrogen-bond acceptors (Lipinski definition) is 5. The van der Waals surface area contributed by atoms with Gasteiger partial charge in [0.15, 0.2) is 5.76 Å². The van der Waals surface area contributed by atoms with Crippen LogP contribution in [0.15, 0.2) is 41.2 Å². The molecular weight excluding hydrogens is 268 g/mol. The van der Waals surface area contributed by atoms with Crippen molar-refractivity contribution in [1.29, 1.82) is 0 Å². The van der Waals surface area contributed by atoms with Crippen LogP contribution in [0.4, 0.5) is 0 Å². The molecule has 5 nitrogen and oxygen atoms in total. The van der Waals surface area contributed by atoms with Crippen molar-refractivity contribution < 1.29 is 22.1 Å². The summed E-state index contributed by atoms with van der Waals surface area (Å²) in [6.07, 6.45) is 1.37. The number of aryl methyl sites for hydroxylation is 1. The highest BCUT2D eigenvalue weighted by molar-refractivity contribution is 7.86. The second-order valence-corrected chi connectivity index (χ2v) is 6.32. The molecule has 1 heterocycles. The molecule has 0 aliphatic carbocycles. The molecule has 0 radical (unpaired) electrons. The number of ether oxygens (including phenoxy) is 2. The zero-order chi connectivity index (χ0) is 14.1. The highest BCUT2D eigenvalue weighted by atomic mass is 32.2. The minimum absolute atomic E-state index is 0.0761. The average molecular weight is 284 g/mol. The molecule has 104 valence electrons. The Balaban J connectivity index is 2.23. The highest BCUT2D eigenvalue weighted by Gasteiger charge is 2.35. The van der Waals surface area contributed by atoms with Crippen LogP contribution in [-0.4, -0.2) is 20.8 Å². The molecule has 0 spiro atoms. The third kappa shape index (κ3) is 3.08. The molecule has 0 saturated carbocycles. The minimum Gasteiger partial charge on any atom is -0.461 e. The van der Waals surface area contributed by atoms with Gasteiger partial charge in [0.05, 0.1) is 4.90 Å².